The summed E-state index contributed by atoms with van der Waals surface area (Å²) in [5, 5.41) is 6.75. The van der Waals surface area contributed by atoms with Crippen molar-refractivity contribution in [3.05, 3.63) is 63.4 Å². The maximum Gasteiger partial charge on any atom is 0.273 e. The first kappa shape index (κ1) is 19.6. The number of aryl methyl sites for hydroxylation is 1. The average Bonchev–Trinajstić information content (AvgIpc) is 3.13. The van der Waals surface area contributed by atoms with Gasteiger partial charge in [0.05, 0.1) is 6.04 Å². The molecule has 0 unspecified atom stereocenters. The highest BCUT2D eigenvalue weighted by molar-refractivity contribution is 5.92. The molecule has 2 aliphatic heterocycles. The largest absolute Gasteiger partial charge is 0.361 e. The van der Waals surface area contributed by atoms with Gasteiger partial charge in [-0.25, -0.2) is 0 Å². The molecule has 0 saturated carbocycles. The number of pyridine rings is 1. The molecule has 7 heteroatoms. The quantitative estimate of drug-likeness (QED) is 0.786. The molecule has 29 heavy (non-hydrogen) atoms. The summed E-state index contributed by atoms with van der Waals surface area (Å²) >= 11 is 0. The smallest absolute Gasteiger partial charge is 0.273 e. The average molecular weight is 396 g/mol. The highest BCUT2D eigenvalue weighted by atomic mass is 16.5. The minimum absolute atomic E-state index is 0.00600. The van der Waals surface area contributed by atoms with Gasteiger partial charge in [-0.2, -0.15) is 0 Å². The van der Waals surface area contributed by atoms with E-state index in [2.05, 4.69) is 41.4 Å². The zero-order chi connectivity index (χ0) is 20.5. The molecular formula is C22H28N4O3. The van der Waals surface area contributed by atoms with Gasteiger partial charge in [-0.1, -0.05) is 22.9 Å². The standard InChI is InChI=1S/C22H28N4O3/c1-14(2)7-8-25-12-16-10-17(13-25)20(26-19(16)5-4-6-21(26)27)11-23-22(28)18-9-15(3)29-24-18/h4-7,9,16-17,20H,8,10-13H2,1-3H3,(H,23,28)/t16-,17+,20+/m1/s1. The first-order valence-electron chi connectivity index (χ1n) is 10.2. The van der Waals surface area contributed by atoms with Crippen LogP contribution in [0.2, 0.25) is 0 Å². The Morgan fingerprint density at radius 3 is 2.90 bits per heavy atom. The molecule has 2 aromatic heterocycles. The number of fused-ring (bicyclic) bond motifs is 4. The number of amides is 1. The number of carbonyl (C=O) groups excluding carboxylic acids is 1. The van der Waals surface area contributed by atoms with Crippen LogP contribution in [0.15, 0.2) is 45.2 Å². The van der Waals surface area contributed by atoms with E-state index in [1.807, 2.05) is 10.6 Å². The Kier molecular flexibility index (Phi) is 5.41. The van der Waals surface area contributed by atoms with E-state index in [9.17, 15) is 9.59 Å². The summed E-state index contributed by atoms with van der Waals surface area (Å²) < 4.78 is 6.91. The lowest BCUT2D eigenvalue weighted by Crippen LogP contribution is -2.52. The van der Waals surface area contributed by atoms with Crippen LogP contribution in [0.4, 0.5) is 0 Å². The first-order valence-corrected chi connectivity index (χ1v) is 10.2. The third kappa shape index (κ3) is 4.05. The van der Waals surface area contributed by atoms with Crippen LogP contribution in [0.3, 0.4) is 0 Å². The molecule has 3 atom stereocenters. The van der Waals surface area contributed by atoms with E-state index in [1.54, 1.807) is 19.1 Å². The number of aromatic nitrogens is 2. The van der Waals surface area contributed by atoms with Crippen molar-refractivity contribution in [1.82, 2.24) is 19.9 Å². The van der Waals surface area contributed by atoms with Gasteiger partial charge in [0.15, 0.2) is 5.69 Å². The Bertz CT molecular complexity index is 986. The molecule has 4 heterocycles. The van der Waals surface area contributed by atoms with Gasteiger partial charge in [-0.3, -0.25) is 14.5 Å². The second-order valence-electron chi connectivity index (χ2n) is 8.45. The monoisotopic (exact) mass is 396 g/mol. The van der Waals surface area contributed by atoms with Crippen LogP contribution in [0.25, 0.3) is 0 Å². The summed E-state index contributed by atoms with van der Waals surface area (Å²) in [7, 11) is 0. The van der Waals surface area contributed by atoms with Crippen molar-refractivity contribution in [3.63, 3.8) is 0 Å². The van der Waals surface area contributed by atoms with E-state index in [4.69, 9.17) is 4.52 Å². The van der Waals surface area contributed by atoms with Crippen molar-refractivity contribution < 1.29 is 9.32 Å². The number of rotatable bonds is 5. The maximum absolute atomic E-state index is 12.7. The molecule has 154 valence electrons. The predicted octanol–water partition coefficient (Wildman–Crippen LogP) is 2.50. The number of likely N-dealkylation sites (tertiary alicyclic amines) is 1. The molecule has 1 fully saturated rings. The van der Waals surface area contributed by atoms with Gasteiger partial charge in [0.2, 0.25) is 0 Å². The number of nitrogens with zero attached hydrogens (tertiary/aromatic N) is 3. The van der Waals surface area contributed by atoms with Crippen molar-refractivity contribution in [1.29, 1.82) is 0 Å². The molecule has 7 nitrogen and oxygen atoms in total. The van der Waals surface area contributed by atoms with E-state index >= 15 is 0 Å². The van der Waals surface area contributed by atoms with Gasteiger partial charge in [0.1, 0.15) is 5.76 Å². The molecule has 2 aliphatic rings. The second kappa shape index (κ2) is 7.99. The molecule has 0 spiro atoms. The Labute approximate surface area is 170 Å². The van der Waals surface area contributed by atoms with Crippen molar-refractivity contribution in [3.8, 4) is 0 Å². The van der Waals surface area contributed by atoms with Gasteiger partial charge < -0.3 is 14.4 Å². The fourth-order valence-corrected chi connectivity index (χ4v) is 4.62. The fraction of sp³-hybridized carbons (Fsp3) is 0.500. The molecule has 2 aromatic rings. The third-order valence-corrected chi connectivity index (χ3v) is 5.96. The van der Waals surface area contributed by atoms with E-state index < -0.39 is 0 Å². The summed E-state index contributed by atoms with van der Waals surface area (Å²) in [5.41, 5.74) is 2.66. The summed E-state index contributed by atoms with van der Waals surface area (Å²) in [6.07, 6.45) is 3.29. The van der Waals surface area contributed by atoms with Gasteiger partial charge in [-0.05, 0) is 39.2 Å². The van der Waals surface area contributed by atoms with Crippen molar-refractivity contribution in [2.75, 3.05) is 26.2 Å². The Morgan fingerprint density at radius 2 is 2.17 bits per heavy atom. The number of piperidine rings is 1. The third-order valence-electron chi connectivity index (χ3n) is 5.96. The minimum atomic E-state index is -0.272. The Morgan fingerprint density at radius 1 is 1.34 bits per heavy atom. The normalized spacial score (nSPS) is 23.3. The summed E-state index contributed by atoms with van der Waals surface area (Å²) in [6, 6.07) is 7.07. The number of hydrogen-bond acceptors (Lipinski definition) is 5. The van der Waals surface area contributed by atoms with Crippen LogP contribution in [0.5, 0.6) is 0 Å². The summed E-state index contributed by atoms with van der Waals surface area (Å²) in [6.45, 7) is 9.18. The van der Waals surface area contributed by atoms with E-state index in [0.717, 1.165) is 31.7 Å². The van der Waals surface area contributed by atoms with Gasteiger partial charge in [-0.15, -0.1) is 0 Å². The van der Waals surface area contributed by atoms with Crippen LogP contribution in [0.1, 0.15) is 54.2 Å². The molecule has 1 N–H and O–H groups in total. The first-order chi connectivity index (χ1) is 13.9. The van der Waals surface area contributed by atoms with Crippen molar-refractivity contribution in [2.45, 2.75) is 39.2 Å². The fourth-order valence-electron chi connectivity index (χ4n) is 4.62. The molecular weight excluding hydrogens is 368 g/mol. The van der Waals surface area contributed by atoms with Crippen LogP contribution in [0, 0.1) is 12.8 Å². The van der Waals surface area contributed by atoms with E-state index in [-0.39, 0.29) is 23.2 Å². The summed E-state index contributed by atoms with van der Waals surface area (Å²) in [5.74, 6) is 0.982. The van der Waals surface area contributed by atoms with Crippen LogP contribution in [-0.2, 0) is 0 Å². The minimum Gasteiger partial charge on any atom is -0.361 e. The molecule has 1 saturated heterocycles. The molecule has 1 amide bonds. The van der Waals surface area contributed by atoms with Crippen LogP contribution >= 0.6 is 0 Å². The zero-order valence-electron chi connectivity index (χ0n) is 17.2. The molecule has 0 radical (unpaired) electrons. The molecule has 2 bridgehead atoms. The topological polar surface area (TPSA) is 80.4 Å². The highest BCUT2D eigenvalue weighted by Crippen LogP contribution is 2.40. The predicted molar refractivity (Wildman–Crippen MR) is 110 cm³/mol. The second-order valence-corrected chi connectivity index (χ2v) is 8.45. The lowest BCUT2D eigenvalue weighted by atomic mass is 9.78. The van der Waals surface area contributed by atoms with Crippen LogP contribution in [-0.4, -0.2) is 46.7 Å². The number of allylic oxidation sites excluding steroid dienone is 1. The van der Waals surface area contributed by atoms with Crippen LogP contribution < -0.4 is 10.9 Å². The van der Waals surface area contributed by atoms with E-state index in [1.165, 1.54) is 5.57 Å². The van der Waals surface area contributed by atoms with Crippen molar-refractivity contribution >= 4 is 5.91 Å². The van der Waals surface area contributed by atoms with Crippen molar-refractivity contribution in [2.24, 2.45) is 5.92 Å². The number of hydrogen-bond donors (Lipinski definition) is 1. The Hall–Kier alpha value is -2.67. The van der Waals surface area contributed by atoms with Gasteiger partial charge in [0, 0.05) is 49.9 Å². The SMILES string of the molecule is CC(C)=CCN1C[C@H]2C[C@@H](C1)[C@H](CNC(=O)c1cc(C)on1)n1c2cccc1=O. The summed E-state index contributed by atoms with van der Waals surface area (Å²) in [4.78, 5) is 27.7. The van der Waals surface area contributed by atoms with Gasteiger partial charge in [0.25, 0.3) is 11.5 Å². The lowest BCUT2D eigenvalue weighted by Gasteiger charge is -2.47. The molecule has 0 aromatic carbocycles. The lowest BCUT2D eigenvalue weighted by molar-refractivity contribution is 0.0850. The van der Waals surface area contributed by atoms with E-state index in [0.29, 0.717) is 24.1 Å². The number of nitrogens with one attached hydrogen (secondary N) is 1. The molecule has 0 aliphatic carbocycles. The molecule has 4 rings (SSSR count). The van der Waals surface area contributed by atoms with Gasteiger partial charge >= 0.3 is 0 Å². The highest BCUT2D eigenvalue weighted by Gasteiger charge is 2.40. The Balaban J connectivity index is 1.58. The number of carbonyl (C=O) groups is 1. The zero-order valence-corrected chi connectivity index (χ0v) is 17.2. The maximum atomic E-state index is 12.7.